The van der Waals surface area contributed by atoms with Crippen LogP contribution in [0.25, 0.3) is 11.5 Å². The fourth-order valence-electron chi connectivity index (χ4n) is 0.934. The Morgan fingerprint density at radius 2 is 2.15 bits per heavy atom. The van der Waals surface area contributed by atoms with E-state index in [4.69, 9.17) is 0 Å². The van der Waals surface area contributed by atoms with Crippen LogP contribution in [0.5, 0.6) is 0 Å². The SMILES string of the molecule is O=c1oc(-c2ccccc2F)ns1. The molecule has 0 bridgehead atoms. The monoisotopic (exact) mass is 197 g/mol. The molecule has 1 heterocycles. The van der Waals surface area contributed by atoms with Gasteiger partial charge in [0.2, 0.25) is 5.89 Å². The van der Waals surface area contributed by atoms with E-state index in [1.807, 2.05) is 0 Å². The largest absolute Gasteiger partial charge is 0.414 e. The molecule has 0 saturated carbocycles. The number of benzene rings is 1. The molecule has 5 heteroatoms. The van der Waals surface area contributed by atoms with Crippen LogP contribution in [0.15, 0.2) is 33.5 Å². The number of aromatic nitrogens is 1. The zero-order chi connectivity index (χ0) is 9.26. The molecule has 13 heavy (non-hydrogen) atoms. The number of hydrogen-bond donors (Lipinski definition) is 0. The Balaban J connectivity index is 2.58. The minimum absolute atomic E-state index is 0.0353. The summed E-state index contributed by atoms with van der Waals surface area (Å²) in [5, 5.41) is 0. The third-order valence-electron chi connectivity index (χ3n) is 1.49. The van der Waals surface area contributed by atoms with E-state index >= 15 is 0 Å². The standard InChI is InChI=1S/C8H4FNO2S/c9-6-4-2-1-3-5(6)7-10-13-8(11)12-7/h1-4H. The molecule has 2 rings (SSSR count). The molecule has 0 aliphatic rings. The number of hydrogen-bond acceptors (Lipinski definition) is 4. The van der Waals surface area contributed by atoms with Crippen molar-refractivity contribution in [2.24, 2.45) is 0 Å². The van der Waals surface area contributed by atoms with Gasteiger partial charge in [0.1, 0.15) is 5.82 Å². The van der Waals surface area contributed by atoms with Crippen LogP contribution in [0.3, 0.4) is 0 Å². The topological polar surface area (TPSA) is 43.1 Å². The maximum absolute atomic E-state index is 13.1. The molecule has 0 radical (unpaired) electrons. The van der Waals surface area contributed by atoms with Crippen LogP contribution in [0.2, 0.25) is 0 Å². The first kappa shape index (κ1) is 8.12. The second-order valence-corrected chi connectivity index (χ2v) is 3.02. The minimum Gasteiger partial charge on any atom is -0.394 e. The molecule has 0 saturated heterocycles. The van der Waals surface area contributed by atoms with E-state index < -0.39 is 10.8 Å². The summed E-state index contributed by atoms with van der Waals surface area (Å²) < 4.78 is 21.4. The maximum atomic E-state index is 13.1. The Labute approximate surface area is 76.6 Å². The highest BCUT2D eigenvalue weighted by Gasteiger charge is 2.09. The predicted molar refractivity (Wildman–Crippen MR) is 46.0 cm³/mol. The van der Waals surface area contributed by atoms with Crippen molar-refractivity contribution in [1.82, 2.24) is 4.37 Å². The Morgan fingerprint density at radius 1 is 1.38 bits per heavy atom. The van der Waals surface area contributed by atoms with Gasteiger partial charge in [-0.1, -0.05) is 12.1 Å². The van der Waals surface area contributed by atoms with Gasteiger partial charge in [0, 0.05) is 0 Å². The van der Waals surface area contributed by atoms with Gasteiger partial charge in [-0.05, 0) is 12.1 Å². The summed E-state index contributed by atoms with van der Waals surface area (Å²) in [7, 11) is 0. The van der Waals surface area contributed by atoms with Crippen molar-refractivity contribution in [3.8, 4) is 11.5 Å². The smallest absolute Gasteiger partial charge is 0.394 e. The highest BCUT2D eigenvalue weighted by molar-refractivity contribution is 7.02. The van der Waals surface area contributed by atoms with E-state index in [1.165, 1.54) is 12.1 Å². The summed E-state index contributed by atoms with van der Waals surface area (Å²) in [4.78, 5) is 10.1. The molecule has 3 nitrogen and oxygen atoms in total. The average Bonchev–Trinajstić information content (AvgIpc) is 2.53. The van der Waals surface area contributed by atoms with Gasteiger partial charge in [-0.3, -0.25) is 0 Å². The van der Waals surface area contributed by atoms with Crippen molar-refractivity contribution >= 4 is 11.5 Å². The van der Waals surface area contributed by atoms with Gasteiger partial charge >= 0.3 is 4.94 Å². The molecular weight excluding hydrogens is 193 g/mol. The predicted octanol–water partition coefficient (Wildman–Crippen LogP) is 1.90. The van der Waals surface area contributed by atoms with Gasteiger partial charge in [-0.25, -0.2) is 9.18 Å². The summed E-state index contributed by atoms with van der Waals surface area (Å²) in [6.45, 7) is 0. The van der Waals surface area contributed by atoms with Crippen LogP contribution < -0.4 is 4.94 Å². The lowest BCUT2D eigenvalue weighted by Crippen LogP contribution is -1.85. The highest BCUT2D eigenvalue weighted by atomic mass is 32.1. The van der Waals surface area contributed by atoms with E-state index in [0.717, 1.165) is 0 Å². The van der Waals surface area contributed by atoms with Gasteiger partial charge in [0.15, 0.2) is 0 Å². The van der Waals surface area contributed by atoms with Crippen molar-refractivity contribution in [1.29, 1.82) is 0 Å². The van der Waals surface area contributed by atoms with Gasteiger partial charge in [0.05, 0.1) is 17.1 Å². The molecule has 0 atom stereocenters. The molecule has 0 fully saturated rings. The van der Waals surface area contributed by atoms with Crippen LogP contribution in [-0.4, -0.2) is 4.37 Å². The molecule has 0 amide bonds. The molecule has 1 aromatic carbocycles. The minimum atomic E-state index is -0.529. The molecule has 0 N–H and O–H groups in total. The lowest BCUT2D eigenvalue weighted by Gasteiger charge is -1.94. The van der Waals surface area contributed by atoms with Crippen LogP contribution in [0.4, 0.5) is 4.39 Å². The van der Waals surface area contributed by atoms with Crippen LogP contribution in [0, 0.1) is 5.82 Å². The molecule has 66 valence electrons. The van der Waals surface area contributed by atoms with Gasteiger partial charge in [-0.2, -0.15) is 0 Å². The van der Waals surface area contributed by atoms with Gasteiger partial charge < -0.3 is 4.42 Å². The maximum Gasteiger partial charge on any atom is 0.414 e. The third kappa shape index (κ3) is 1.50. The second kappa shape index (κ2) is 3.10. The molecule has 0 aliphatic carbocycles. The van der Waals surface area contributed by atoms with Gasteiger partial charge in [0.25, 0.3) is 0 Å². The number of halogens is 1. The third-order valence-corrected chi connectivity index (χ3v) is 1.98. The van der Waals surface area contributed by atoms with Crippen molar-refractivity contribution < 1.29 is 8.81 Å². The van der Waals surface area contributed by atoms with Crippen LogP contribution >= 0.6 is 11.5 Å². The van der Waals surface area contributed by atoms with Crippen LogP contribution in [0.1, 0.15) is 0 Å². The summed E-state index contributed by atoms with van der Waals surface area (Å²) >= 11 is 0.669. The molecular formula is C8H4FNO2S. The fraction of sp³-hybridized carbons (Fsp3) is 0. The Hall–Kier alpha value is -1.49. The Morgan fingerprint density at radius 3 is 2.77 bits per heavy atom. The van der Waals surface area contributed by atoms with E-state index in [1.54, 1.807) is 12.1 Å². The quantitative estimate of drug-likeness (QED) is 0.701. The second-order valence-electron chi connectivity index (χ2n) is 2.32. The average molecular weight is 197 g/mol. The van der Waals surface area contributed by atoms with Crippen LogP contribution in [-0.2, 0) is 0 Å². The molecule has 0 aliphatic heterocycles. The van der Waals surface area contributed by atoms with E-state index in [0.29, 0.717) is 11.5 Å². The first-order chi connectivity index (χ1) is 6.27. The first-order valence-electron chi connectivity index (χ1n) is 3.49. The van der Waals surface area contributed by atoms with E-state index in [2.05, 4.69) is 8.79 Å². The summed E-state index contributed by atoms with van der Waals surface area (Å²) in [6.07, 6.45) is 0. The zero-order valence-corrected chi connectivity index (χ0v) is 7.18. The number of nitrogens with zero attached hydrogens (tertiary/aromatic N) is 1. The lowest BCUT2D eigenvalue weighted by atomic mass is 10.2. The Kier molecular flexibility index (Phi) is 1.94. The molecule has 0 unspecified atom stereocenters. The van der Waals surface area contributed by atoms with Crippen molar-refractivity contribution in [2.45, 2.75) is 0 Å². The summed E-state index contributed by atoms with van der Waals surface area (Å²) in [6, 6.07) is 6.00. The summed E-state index contributed by atoms with van der Waals surface area (Å²) in [5.74, 6) is -0.412. The first-order valence-corrected chi connectivity index (χ1v) is 4.26. The molecule has 0 spiro atoms. The Bertz CT molecular complexity index is 477. The highest BCUT2D eigenvalue weighted by Crippen LogP contribution is 2.19. The normalized spacial score (nSPS) is 10.2. The van der Waals surface area contributed by atoms with Crippen molar-refractivity contribution in [2.75, 3.05) is 0 Å². The lowest BCUT2D eigenvalue weighted by molar-refractivity contribution is 0.534. The van der Waals surface area contributed by atoms with Crippen molar-refractivity contribution in [3.63, 3.8) is 0 Å². The zero-order valence-electron chi connectivity index (χ0n) is 6.36. The summed E-state index contributed by atoms with van der Waals surface area (Å²) in [5.41, 5.74) is 0.209. The number of rotatable bonds is 1. The molecule has 2 aromatic rings. The molecule has 1 aromatic heterocycles. The van der Waals surface area contributed by atoms with Gasteiger partial charge in [-0.15, -0.1) is 4.37 Å². The van der Waals surface area contributed by atoms with E-state index in [-0.39, 0.29) is 11.5 Å². The van der Waals surface area contributed by atoms with E-state index in [9.17, 15) is 9.18 Å². The van der Waals surface area contributed by atoms with Crippen molar-refractivity contribution in [3.05, 3.63) is 39.8 Å². The fourth-order valence-corrected chi connectivity index (χ4v) is 1.34.